The molecule has 0 spiro atoms. The molecule has 154 valence electrons. The number of carbonyl (C=O) groups is 1. The Hall–Kier alpha value is -1.86. The number of nitrogens with zero attached hydrogens (tertiary/aromatic N) is 1. The predicted molar refractivity (Wildman–Crippen MR) is 116 cm³/mol. The van der Waals surface area contributed by atoms with Gasteiger partial charge in [0.2, 0.25) is 5.91 Å². The fraction of sp³-hybridized carbons (Fsp3) is 0.476. The zero-order valence-corrected chi connectivity index (χ0v) is 18.9. The number of hydrogen-bond donors (Lipinski definition) is 1. The summed E-state index contributed by atoms with van der Waals surface area (Å²) < 4.78 is 28.2. The van der Waals surface area contributed by atoms with Gasteiger partial charge in [-0.15, -0.1) is 11.3 Å². The van der Waals surface area contributed by atoms with Crippen LogP contribution in [0.15, 0.2) is 39.9 Å². The van der Waals surface area contributed by atoms with Crippen LogP contribution in [-0.2, 0) is 27.7 Å². The Kier molecular flexibility index (Phi) is 7.66. The van der Waals surface area contributed by atoms with Crippen molar-refractivity contribution in [1.82, 2.24) is 4.90 Å². The first kappa shape index (κ1) is 22.4. The summed E-state index contributed by atoms with van der Waals surface area (Å²) in [6, 6.07) is 7.13. The van der Waals surface area contributed by atoms with Gasteiger partial charge in [0, 0.05) is 17.5 Å². The molecular weight excluding hydrogens is 392 g/mol. The molecule has 0 atom stereocenters. The van der Waals surface area contributed by atoms with Crippen molar-refractivity contribution < 1.29 is 13.2 Å². The van der Waals surface area contributed by atoms with E-state index in [1.165, 1.54) is 11.3 Å². The largest absolute Gasteiger partial charge is 0.338 e. The van der Waals surface area contributed by atoms with Gasteiger partial charge in [-0.25, -0.2) is 8.42 Å². The maximum absolute atomic E-state index is 12.8. The summed E-state index contributed by atoms with van der Waals surface area (Å²) in [5.41, 5.74) is 2.29. The number of sulfonamides is 1. The van der Waals surface area contributed by atoms with Gasteiger partial charge in [-0.05, 0) is 62.8 Å². The fourth-order valence-electron chi connectivity index (χ4n) is 3.30. The summed E-state index contributed by atoms with van der Waals surface area (Å²) >= 11 is 1.38. The van der Waals surface area contributed by atoms with Crippen molar-refractivity contribution in [3.05, 3.63) is 46.2 Å². The molecule has 7 heteroatoms. The van der Waals surface area contributed by atoms with Crippen LogP contribution in [0.2, 0.25) is 0 Å². The highest BCUT2D eigenvalue weighted by Gasteiger charge is 2.23. The third-order valence-electron chi connectivity index (χ3n) is 4.50. The van der Waals surface area contributed by atoms with Crippen LogP contribution in [-0.4, -0.2) is 31.3 Å². The third kappa shape index (κ3) is 5.58. The minimum Gasteiger partial charge on any atom is -0.338 e. The van der Waals surface area contributed by atoms with Crippen molar-refractivity contribution in [2.75, 3.05) is 4.72 Å². The van der Waals surface area contributed by atoms with Crippen LogP contribution in [0.25, 0.3) is 0 Å². The Bertz CT molecular complexity index is 877. The molecule has 0 saturated heterocycles. The van der Waals surface area contributed by atoms with Crippen LogP contribution in [0.3, 0.4) is 0 Å². The third-order valence-corrected chi connectivity index (χ3v) is 6.67. The molecule has 28 heavy (non-hydrogen) atoms. The van der Waals surface area contributed by atoms with E-state index in [9.17, 15) is 13.2 Å². The lowest BCUT2D eigenvalue weighted by Gasteiger charge is -2.31. The summed E-state index contributed by atoms with van der Waals surface area (Å²) in [5.74, 6) is -0.00670. The lowest BCUT2D eigenvalue weighted by molar-refractivity contribution is -0.134. The van der Waals surface area contributed by atoms with E-state index in [4.69, 9.17) is 0 Å². The number of anilines is 1. The van der Waals surface area contributed by atoms with E-state index in [1.54, 1.807) is 17.5 Å². The first-order chi connectivity index (χ1) is 13.2. The monoisotopic (exact) mass is 422 g/mol. The molecule has 0 aliphatic heterocycles. The molecule has 0 aliphatic carbocycles. The second-order valence-corrected chi connectivity index (χ2v) is 9.90. The van der Waals surface area contributed by atoms with Crippen molar-refractivity contribution in [1.29, 1.82) is 0 Å². The molecule has 0 saturated carbocycles. The molecule has 1 amide bonds. The number of thiophene rings is 1. The van der Waals surface area contributed by atoms with Crippen LogP contribution in [0.4, 0.5) is 5.69 Å². The van der Waals surface area contributed by atoms with Crippen molar-refractivity contribution in [3.8, 4) is 0 Å². The Morgan fingerprint density at radius 3 is 2.21 bits per heavy atom. The molecule has 5 nitrogen and oxygen atoms in total. The van der Waals surface area contributed by atoms with E-state index < -0.39 is 10.0 Å². The number of benzene rings is 1. The molecule has 0 bridgehead atoms. The van der Waals surface area contributed by atoms with Crippen molar-refractivity contribution in [3.63, 3.8) is 0 Å². The minimum atomic E-state index is -3.69. The average molecular weight is 423 g/mol. The lowest BCUT2D eigenvalue weighted by Crippen LogP contribution is -2.42. The topological polar surface area (TPSA) is 66.5 Å². The number of amides is 1. The maximum atomic E-state index is 12.8. The number of nitrogens with one attached hydrogen (secondary N) is 1. The average Bonchev–Trinajstić information content (AvgIpc) is 3.01. The van der Waals surface area contributed by atoms with E-state index in [2.05, 4.69) is 11.6 Å². The highest BCUT2D eigenvalue weighted by Crippen LogP contribution is 2.26. The summed E-state index contributed by atoms with van der Waals surface area (Å²) in [6.45, 7) is 10.0. The first-order valence-corrected chi connectivity index (χ1v) is 12.1. The van der Waals surface area contributed by atoms with Gasteiger partial charge in [-0.3, -0.25) is 9.52 Å². The summed E-state index contributed by atoms with van der Waals surface area (Å²) in [4.78, 5) is 14.8. The Labute approximate surface area is 172 Å². The van der Waals surface area contributed by atoms with Gasteiger partial charge >= 0.3 is 0 Å². The highest BCUT2D eigenvalue weighted by atomic mass is 32.2. The number of rotatable bonds is 9. The number of aryl methyl sites for hydroxylation is 1. The number of carbonyl (C=O) groups excluding carboxylic acids is 1. The fourth-order valence-corrected chi connectivity index (χ4v) is 5.26. The van der Waals surface area contributed by atoms with Gasteiger partial charge in [0.15, 0.2) is 0 Å². The predicted octanol–water partition coefficient (Wildman–Crippen LogP) is 4.69. The smallest absolute Gasteiger partial charge is 0.261 e. The Balaban J connectivity index is 2.17. The van der Waals surface area contributed by atoms with E-state index in [0.29, 0.717) is 11.3 Å². The zero-order valence-electron chi connectivity index (χ0n) is 17.2. The summed E-state index contributed by atoms with van der Waals surface area (Å²) in [7, 11) is -3.69. The van der Waals surface area contributed by atoms with Gasteiger partial charge in [0.1, 0.15) is 0 Å². The van der Waals surface area contributed by atoms with Crippen molar-refractivity contribution >= 4 is 33.0 Å². The highest BCUT2D eigenvalue weighted by molar-refractivity contribution is 7.92. The van der Waals surface area contributed by atoms with Gasteiger partial charge in [0.05, 0.1) is 17.0 Å². The molecule has 1 aromatic heterocycles. The van der Waals surface area contributed by atoms with Gasteiger partial charge in [-0.1, -0.05) is 25.5 Å². The van der Waals surface area contributed by atoms with Crippen LogP contribution >= 0.6 is 11.3 Å². The van der Waals surface area contributed by atoms with Crippen LogP contribution in [0.1, 0.15) is 52.2 Å². The second kappa shape index (κ2) is 9.56. The number of hydrogen-bond acceptors (Lipinski definition) is 4. The molecular formula is C21H30N2O3S2. The first-order valence-electron chi connectivity index (χ1n) is 9.63. The molecule has 0 radical (unpaired) electrons. The molecule has 1 N–H and O–H groups in total. The lowest BCUT2D eigenvalue weighted by atomic mass is 10.1. The molecule has 1 aromatic carbocycles. The maximum Gasteiger partial charge on any atom is 0.261 e. The summed E-state index contributed by atoms with van der Waals surface area (Å²) in [5, 5.41) is 3.57. The van der Waals surface area contributed by atoms with Gasteiger partial charge in [0.25, 0.3) is 10.0 Å². The molecule has 0 fully saturated rings. The molecule has 0 aliphatic rings. The quantitative estimate of drug-likeness (QED) is 0.637. The van der Waals surface area contributed by atoms with Crippen molar-refractivity contribution in [2.24, 2.45) is 0 Å². The van der Waals surface area contributed by atoms with Crippen LogP contribution in [0.5, 0.6) is 0 Å². The molecule has 0 unspecified atom stereocenters. The van der Waals surface area contributed by atoms with Crippen LogP contribution in [0, 0.1) is 0 Å². The minimum absolute atomic E-state index is 0.00670. The van der Waals surface area contributed by atoms with E-state index in [-0.39, 0.29) is 29.3 Å². The SMILES string of the molecule is CCCc1ccc(S(=O)(=O)Nc2cscc2CC(=O)N(C(C)C)C(C)C)cc1. The van der Waals surface area contributed by atoms with E-state index in [1.807, 2.05) is 50.1 Å². The van der Waals surface area contributed by atoms with Crippen LogP contribution < -0.4 is 4.72 Å². The summed E-state index contributed by atoms with van der Waals surface area (Å²) in [6.07, 6.45) is 2.11. The molecule has 2 aromatic rings. The molecule has 2 rings (SSSR count). The standard InChI is InChI=1S/C21H30N2O3S2/c1-6-7-17-8-10-19(11-9-17)28(25,26)22-20-14-27-13-18(20)12-21(24)23(15(2)3)16(4)5/h8-11,13-16,22H,6-7,12H2,1-5H3. The van der Waals surface area contributed by atoms with Gasteiger partial charge in [-0.2, -0.15) is 0 Å². The zero-order chi connectivity index (χ0) is 20.9. The normalized spacial score (nSPS) is 11.8. The molecule has 1 heterocycles. The van der Waals surface area contributed by atoms with E-state index in [0.717, 1.165) is 18.4 Å². The Morgan fingerprint density at radius 1 is 1.07 bits per heavy atom. The van der Waals surface area contributed by atoms with Gasteiger partial charge < -0.3 is 4.90 Å². The van der Waals surface area contributed by atoms with Crippen molar-refractivity contribution in [2.45, 2.75) is 70.9 Å². The Morgan fingerprint density at radius 2 is 1.68 bits per heavy atom. The second-order valence-electron chi connectivity index (χ2n) is 7.48. The van der Waals surface area contributed by atoms with E-state index >= 15 is 0 Å².